The molecule has 17 heavy (non-hydrogen) atoms. The zero-order valence-corrected chi connectivity index (χ0v) is 13.0. The molecule has 2 rings (SSSR count). The van der Waals surface area contributed by atoms with E-state index < -0.39 is 0 Å². The Kier molecular flexibility index (Phi) is 4.47. The van der Waals surface area contributed by atoms with E-state index in [9.17, 15) is 4.79 Å². The van der Waals surface area contributed by atoms with Gasteiger partial charge in [0, 0.05) is 20.4 Å². The highest BCUT2D eigenvalue weighted by molar-refractivity contribution is 14.1. The van der Waals surface area contributed by atoms with Crippen LogP contribution >= 0.6 is 57.1 Å². The number of hydrogen-bond acceptors (Lipinski definition) is 2. The van der Waals surface area contributed by atoms with E-state index in [0.717, 1.165) is 8.45 Å². The first-order valence-electron chi connectivity index (χ1n) is 4.79. The van der Waals surface area contributed by atoms with E-state index in [4.69, 9.17) is 23.2 Å². The number of thiophene rings is 1. The Bertz CT molecular complexity index is 565. The van der Waals surface area contributed by atoms with Crippen LogP contribution in [0.25, 0.3) is 0 Å². The third-order valence-electron chi connectivity index (χ3n) is 2.21. The number of rotatable bonds is 3. The predicted octanol–water partition coefficient (Wildman–Crippen LogP) is 5.08. The molecule has 0 aliphatic carbocycles. The molecule has 0 aliphatic rings. The van der Waals surface area contributed by atoms with Crippen LogP contribution in [-0.4, -0.2) is 5.78 Å². The van der Waals surface area contributed by atoms with Crippen LogP contribution in [0.1, 0.15) is 15.2 Å². The van der Waals surface area contributed by atoms with Crippen LogP contribution in [0.3, 0.4) is 0 Å². The Morgan fingerprint density at radius 2 is 2.00 bits per heavy atom. The lowest BCUT2D eigenvalue weighted by molar-refractivity contribution is 0.0994. The summed E-state index contributed by atoms with van der Waals surface area (Å²) in [4.78, 5) is 13.0. The molecule has 88 valence electrons. The standard InChI is InChI=1S/C12H7Cl2IOS/c13-9-5-7(1-3-10(9)15)11(16)6-8-2-4-12(14)17-8/h1-5H,6H2. The van der Waals surface area contributed by atoms with Crippen molar-refractivity contribution in [1.82, 2.24) is 0 Å². The topological polar surface area (TPSA) is 17.1 Å². The third kappa shape index (κ3) is 3.44. The second kappa shape index (κ2) is 5.69. The summed E-state index contributed by atoms with van der Waals surface area (Å²) in [7, 11) is 0. The average Bonchev–Trinajstić information content (AvgIpc) is 2.68. The van der Waals surface area contributed by atoms with Gasteiger partial charge in [-0.05, 0) is 46.9 Å². The molecule has 0 unspecified atom stereocenters. The molecule has 0 radical (unpaired) electrons. The first-order valence-corrected chi connectivity index (χ1v) is 7.44. The van der Waals surface area contributed by atoms with Gasteiger partial charge in [-0.25, -0.2) is 0 Å². The van der Waals surface area contributed by atoms with Crippen molar-refractivity contribution in [3.8, 4) is 0 Å². The Morgan fingerprint density at radius 1 is 1.24 bits per heavy atom. The van der Waals surface area contributed by atoms with Gasteiger partial charge in [0.05, 0.1) is 9.36 Å². The van der Waals surface area contributed by atoms with Crippen molar-refractivity contribution in [3.05, 3.63) is 53.7 Å². The van der Waals surface area contributed by atoms with Gasteiger partial charge in [0.2, 0.25) is 0 Å². The molecule has 1 nitrogen and oxygen atoms in total. The van der Waals surface area contributed by atoms with Gasteiger partial charge in [-0.3, -0.25) is 4.79 Å². The smallest absolute Gasteiger partial charge is 0.168 e. The van der Waals surface area contributed by atoms with Crippen molar-refractivity contribution in [1.29, 1.82) is 0 Å². The molecule has 1 aromatic carbocycles. The largest absolute Gasteiger partial charge is 0.294 e. The minimum Gasteiger partial charge on any atom is -0.294 e. The minimum absolute atomic E-state index is 0.0572. The van der Waals surface area contributed by atoms with Gasteiger partial charge in [-0.15, -0.1) is 11.3 Å². The molecule has 0 bridgehead atoms. The summed E-state index contributed by atoms with van der Waals surface area (Å²) in [6, 6.07) is 9.03. The summed E-state index contributed by atoms with van der Waals surface area (Å²) in [5, 5.41) is 0.612. The van der Waals surface area contributed by atoms with Crippen LogP contribution in [0.4, 0.5) is 0 Å². The van der Waals surface area contributed by atoms with Gasteiger partial charge in [-0.1, -0.05) is 29.3 Å². The molecule has 0 saturated carbocycles. The molecule has 2 aromatic rings. The fourth-order valence-electron chi connectivity index (χ4n) is 1.38. The number of Topliss-reactive ketones (excluding diaryl/α,β-unsaturated/α-hetero) is 1. The van der Waals surface area contributed by atoms with Crippen molar-refractivity contribution >= 4 is 62.9 Å². The molecule has 1 aromatic heterocycles. The number of halogens is 3. The van der Waals surface area contributed by atoms with Gasteiger partial charge in [0.25, 0.3) is 0 Å². The highest BCUT2D eigenvalue weighted by Crippen LogP contribution is 2.24. The Hall–Kier alpha value is -0.100. The zero-order valence-electron chi connectivity index (χ0n) is 8.54. The van der Waals surface area contributed by atoms with Crippen molar-refractivity contribution in [2.75, 3.05) is 0 Å². The normalized spacial score (nSPS) is 10.5. The van der Waals surface area contributed by atoms with E-state index in [1.165, 1.54) is 11.3 Å². The molecule has 1 heterocycles. The second-order valence-electron chi connectivity index (χ2n) is 3.43. The van der Waals surface area contributed by atoms with E-state index in [-0.39, 0.29) is 5.78 Å². The highest BCUT2D eigenvalue weighted by Gasteiger charge is 2.10. The Morgan fingerprint density at radius 3 is 2.59 bits per heavy atom. The molecule has 0 atom stereocenters. The predicted molar refractivity (Wildman–Crippen MR) is 81.5 cm³/mol. The zero-order chi connectivity index (χ0) is 12.4. The lowest BCUT2D eigenvalue weighted by Crippen LogP contribution is -2.02. The fraction of sp³-hybridized carbons (Fsp3) is 0.0833. The lowest BCUT2D eigenvalue weighted by Gasteiger charge is -2.01. The van der Waals surface area contributed by atoms with Crippen molar-refractivity contribution in [2.45, 2.75) is 6.42 Å². The van der Waals surface area contributed by atoms with Gasteiger partial charge in [0.15, 0.2) is 5.78 Å². The van der Waals surface area contributed by atoms with E-state index in [0.29, 0.717) is 21.3 Å². The summed E-state index contributed by atoms with van der Waals surface area (Å²) in [6.07, 6.45) is 0.369. The van der Waals surface area contributed by atoms with E-state index in [2.05, 4.69) is 22.6 Å². The summed E-state index contributed by atoms with van der Waals surface area (Å²) < 4.78 is 1.65. The first-order chi connectivity index (χ1) is 8.06. The van der Waals surface area contributed by atoms with Crippen molar-refractivity contribution in [2.24, 2.45) is 0 Å². The quantitative estimate of drug-likeness (QED) is 0.522. The Balaban J connectivity index is 2.17. The average molecular weight is 397 g/mol. The van der Waals surface area contributed by atoms with Crippen LogP contribution in [0.2, 0.25) is 9.36 Å². The lowest BCUT2D eigenvalue weighted by atomic mass is 10.1. The van der Waals surface area contributed by atoms with E-state index in [1.807, 2.05) is 12.1 Å². The number of carbonyl (C=O) groups excluding carboxylic acids is 1. The molecule has 0 spiro atoms. The molecule has 0 fully saturated rings. The van der Waals surface area contributed by atoms with Crippen LogP contribution in [-0.2, 0) is 6.42 Å². The van der Waals surface area contributed by atoms with E-state index >= 15 is 0 Å². The number of ketones is 1. The van der Waals surface area contributed by atoms with Crippen LogP contribution in [0.5, 0.6) is 0 Å². The van der Waals surface area contributed by atoms with E-state index in [1.54, 1.807) is 18.2 Å². The van der Waals surface area contributed by atoms with Crippen LogP contribution < -0.4 is 0 Å². The maximum absolute atomic E-state index is 12.0. The molecule has 0 N–H and O–H groups in total. The number of hydrogen-bond donors (Lipinski definition) is 0. The maximum Gasteiger partial charge on any atom is 0.168 e. The summed E-state index contributed by atoms with van der Waals surface area (Å²) in [5.74, 6) is 0.0572. The SMILES string of the molecule is O=C(Cc1ccc(Cl)s1)c1ccc(I)c(Cl)c1. The summed E-state index contributed by atoms with van der Waals surface area (Å²) in [5.41, 5.74) is 0.639. The third-order valence-corrected chi connectivity index (χ3v) is 5.01. The van der Waals surface area contributed by atoms with Gasteiger partial charge >= 0.3 is 0 Å². The fourth-order valence-corrected chi connectivity index (χ4v) is 2.98. The molecule has 5 heteroatoms. The van der Waals surface area contributed by atoms with Crippen molar-refractivity contribution in [3.63, 3.8) is 0 Å². The highest BCUT2D eigenvalue weighted by atomic mass is 127. The Labute approximate surface area is 127 Å². The van der Waals surface area contributed by atoms with Gasteiger partial charge in [-0.2, -0.15) is 0 Å². The number of benzene rings is 1. The second-order valence-corrected chi connectivity index (χ2v) is 6.80. The molecule has 0 aliphatic heterocycles. The first kappa shape index (κ1) is 13.3. The minimum atomic E-state index is 0.0572. The molecular formula is C12H7Cl2IOS. The maximum atomic E-state index is 12.0. The monoisotopic (exact) mass is 396 g/mol. The summed E-state index contributed by atoms with van der Waals surface area (Å²) in [6.45, 7) is 0. The molecule has 0 amide bonds. The summed E-state index contributed by atoms with van der Waals surface area (Å²) >= 11 is 15.4. The van der Waals surface area contributed by atoms with Gasteiger partial charge < -0.3 is 0 Å². The molecular weight excluding hydrogens is 390 g/mol. The molecule has 0 saturated heterocycles. The van der Waals surface area contributed by atoms with Crippen LogP contribution in [0, 0.1) is 3.57 Å². The number of carbonyl (C=O) groups is 1. The van der Waals surface area contributed by atoms with Crippen LogP contribution in [0.15, 0.2) is 30.3 Å². The van der Waals surface area contributed by atoms with Gasteiger partial charge in [0.1, 0.15) is 0 Å². The van der Waals surface area contributed by atoms with Crippen molar-refractivity contribution < 1.29 is 4.79 Å².